The molecule has 0 bridgehead atoms. The third kappa shape index (κ3) is 6.09. The maximum atomic E-state index is 12.9. The lowest BCUT2D eigenvalue weighted by atomic mass is 10.2. The van der Waals surface area contributed by atoms with Gasteiger partial charge in [0.15, 0.2) is 0 Å². The van der Waals surface area contributed by atoms with Gasteiger partial charge in [-0.3, -0.25) is 4.79 Å². The van der Waals surface area contributed by atoms with Crippen molar-refractivity contribution in [2.24, 2.45) is 0 Å². The number of rotatable bonds is 8. The molecule has 2 aromatic carbocycles. The van der Waals surface area contributed by atoms with Gasteiger partial charge < -0.3 is 5.32 Å². The average Bonchev–Trinajstić information content (AvgIpc) is 2.65. The van der Waals surface area contributed by atoms with Gasteiger partial charge in [-0.2, -0.15) is 4.31 Å². The van der Waals surface area contributed by atoms with Gasteiger partial charge in [0.25, 0.3) is 0 Å². The molecule has 2 rings (SSSR count). The molecule has 0 unspecified atom stereocenters. The Morgan fingerprint density at radius 1 is 1.12 bits per heavy atom. The van der Waals surface area contributed by atoms with Crippen molar-refractivity contribution in [3.8, 4) is 0 Å². The summed E-state index contributed by atoms with van der Waals surface area (Å²) in [5, 5.41) is 3.73. The molecule has 0 atom stereocenters. The van der Waals surface area contributed by atoms with Gasteiger partial charge in [-0.15, -0.1) is 0 Å². The van der Waals surface area contributed by atoms with Crippen LogP contribution in [0.2, 0.25) is 0 Å². The van der Waals surface area contributed by atoms with Gasteiger partial charge in [0.05, 0.1) is 6.54 Å². The van der Waals surface area contributed by atoms with Crippen molar-refractivity contribution in [3.63, 3.8) is 0 Å². The van der Waals surface area contributed by atoms with Crippen LogP contribution in [-0.2, 0) is 21.4 Å². The molecule has 7 heteroatoms. The number of sulfonamides is 1. The van der Waals surface area contributed by atoms with Crippen LogP contribution in [0.5, 0.6) is 0 Å². The zero-order valence-electron chi connectivity index (χ0n) is 14.4. The Kier molecular flexibility index (Phi) is 7.06. The fraction of sp³-hybridized carbons (Fsp3) is 0.211. The summed E-state index contributed by atoms with van der Waals surface area (Å²) in [6, 6.07) is 14.8. The predicted molar refractivity (Wildman–Crippen MR) is 99.9 cm³/mol. The second-order valence-corrected chi connectivity index (χ2v) is 7.41. The van der Waals surface area contributed by atoms with E-state index in [0.29, 0.717) is 0 Å². The molecule has 0 saturated heterocycles. The maximum absolute atomic E-state index is 12.9. The molecular weight excluding hydrogens is 355 g/mol. The van der Waals surface area contributed by atoms with Gasteiger partial charge in [0, 0.05) is 18.5 Å². The highest BCUT2D eigenvalue weighted by atomic mass is 32.2. The summed E-state index contributed by atoms with van der Waals surface area (Å²) in [7, 11) is -3.71. The minimum atomic E-state index is -3.71. The zero-order valence-corrected chi connectivity index (χ0v) is 15.2. The van der Waals surface area contributed by atoms with Crippen molar-refractivity contribution >= 4 is 22.0 Å². The SMILES string of the molecule is CCN(CC(=O)NCc1ccc(F)cc1)S(=O)(=O)/C=C/c1ccccc1. The van der Waals surface area contributed by atoms with E-state index in [0.717, 1.165) is 20.8 Å². The Bertz CT molecular complexity index is 850. The fourth-order valence-electron chi connectivity index (χ4n) is 2.22. The second-order valence-electron chi connectivity index (χ2n) is 5.59. The molecule has 0 spiro atoms. The molecule has 0 aliphatic rings. The first-order valence-corrected chi connectivity index (χ1v) is 9.65. The molecule has 0 aliphatic carbocycles. The number of hydrogen-bond donors (Lipinski definition) is 1. The average molecular weight is 376 g/mol. The largest absolute Gasteiger partial charge is 0.351 e. The van der Waals surface area contributed by atoms with Crippen LogP contribution in [-0.4, -0.2) is 31.7 Å². The molecule has 0 radical (unpaired) electrons. The highest BCUT2D eigenvalue weighted by Crippen LogP contribution is 2.08. The van der Waals surface area contributed by atoms with Crippen LogP contribution in [0.1, 0.15) is 18.1 Å². The van der Waals surface area contributed by atoms with E-state index < -0.39 is 15.9 Å². The van der Waals surface area contributed by atoms with E-state index in [1.807, 2.05) is 18.2 Å². The summed E-state index contributed by atoms with van der Waals surface area (Å²) in [4.78, 5) is 12.1. The van der Waals surface area contributed by atoms with Crippen LogP contribution in [0.25, 0.3) is 6.08 Å². The van der Waals surface area contributed by atoms with E-state index in [9.17, 15) is 17.6 Å². The Hall–Kier alpha value is -2.51. The zero-order chi connectivity index (χ0) is 19.0. The van der Waals surface area contributed by atoms with Crippen LogP contribution in [0.15, 0.2) is 60.0 Å². The summed E-state index contributed by atoms with van der Waals surface area (Å²) < 4.78 is 38.8. The predicted octanol–water partition coefficient (Wildman–Crippen LogP) is 2.76. The lowest BCUT2D eigenvalue weighted by Crippen LogP contribution is -2.39. The van der Waals surface area contributed by atoms with Gasteiger partial charge in [-0.1, -0.05) is 49.4 Å². The molecule has 0 fully saturated rings. The smallest absolute Gasteiger partial charge is 0.236 e. The van der Waals surface area contributed by atoms with Crippen molar-refractivity contribution in [3.05, 3.63) is 76.9 Å². The Labute approximate surface area is 153 Å². The fourth-order valence-corrected chi connectivity index (χ4v) is 3.37. The summed E-state index contributed by atoms with van der Waals surface area (Å²) >= 11 is 0. The van der Waals surface area contributed by atoms with E-state index in [1.54, 1.807) is 31.2 Å². The molecular formula is C19H21FN2O3S. The molecule has 0 aromatic heterocycles. The summed E-state index contributed by atoms with van der Waals surface area (Å²) in [6.07, 6.45) is 1.49. The lowest BCUT2D eigenvalue weighted by Gasteiger charge is -2.17. The highest BCUT2D eigenvalue weighted by molar-refractivity contribution is 7.92. The van der Waals surface area contributed by atoms with Crippen molar-refractivity contribution in [1.29, 1.82) is 0 Å². The topological polar surface area (TPSA) is 66.5 Å². The first-order chi connectivity index (χ1) is 12.4. The first-order valence-electron chi connectivity index (χ1n) is 8.15. The molecule has 2 aromatic rings. The van der Waals surface area contributed by atoms with Gasteiger partial charge in [-0.05, 0) is 29.3 Å². The van der Waals surface area contributed by atoms with Crippen molar-refractivity contribution in [2.45, 2.75) is 13.5 Å². The molecule has 138 valence electrons. The standard InChI is InChI=1S/C19H21FN2O3S/c1-2-22(26(24,25)13-12-16-6-4-3-5-7-16)15-19(23)21-14-17-8-10-18(20)11-9-17/h3-13H,2,14-15H2,1H3,(H,21,23)/b13-12+. The molecule has 26 heavy (non-hydrogen) atoms. The van der Waals surface area contributed by atoms with Gasteiger partial charge in [-0.25, -0.2) is 12.8 Å². The quantitative estimate of drug-likeness (QED) is 0.770. The number of carbonyl (C=O) groups excluding carboxylic acids is 1. The number of hydrogen-bond acceptors (Lipinski definition) is 3. The number of benzene rings is 2. The van der Waals surface area contributed by atoms with Crippen LogP contribution < -0.4 is 5.32 Å². The molecule has 0 saturated carbocycles. The third-order valence-corrected chi connectivity index (χ3v) is 5.25. The van der Waals surface area contributed by atoms with E-state index in [-0.39, 0.29) is 25.5 Å². The second kappa shape index (κ2) is 9.26. The van der Waals surface area contributed by atoms with E-state index >= 15 is 0 Å². The number of amides is 1. The number of likely N-dealkylation sites (N-methyl/N-ethyl adjacent to an activating group) is 1. The van der Waals surface area contributed by atoms with Crippen LogP contribution in [0.4, 0.5) is 4.39 Å². The van der Waals surface area contributed by atoms with E-state index in [1.165, 1.54) is 18.2 Å². The minimum Gasteiger partial charge on any atom is -0.351 e. The van der Waals surface area contributed by atoms with E-state index in [2.05, 4.69) is 5.32 Å². The number of nitrogens with one attached hydrogen (secondary N) is 1. The van der Waals surface area contributed by atoms with Crippen molar-refractivity contribution in [1.82, 2.24) is 9.62 Å². The summed E-state index contributed by atoms with van der Waals surface area (Å²) in [5.74, 6) is -0.776. The van der Waals surface area contributed by atoms with E-state index in [4.69, 9.17) is 0 Å². The maximum Gasteiger partial charge on any atom is 0.236 e. The lowest BCUT2D eigenvalue weighted by molar-refractivity contribution is -0.121. The highest BCUT2D eigenvalue weighted by Gasteiger charge is 2.20. The van der Waals surface area contributed by atoms with Crippen LogP contribution >= 0.6 is 0 Å². The summed E-state index contributed by atoms with van der Waals surface area (Å²) in [5.41, 5.74) is 1.49. The third-order valence-electron chi connectivity index (χ3n) is 3.67. The Morgan fingerprint density at radius 2 is 1.77 bits per heavy atom. The van der Waals surface area contributed by atoms with Crippen molar-refractivity contribution in [2.75, 3.05) is 13.1 Å². The molecule has 0 aliphatic heterocycles. The van der Waals surface area contributed by atoms with Crippen LogP contribution in [0.3, 0.4) is 0 Å². The minimum absolute atomic E-state index is 0.172. The monoisotopic (exact) mass is 376 g/mol. The number of nitrogens with zero attached hydrogens (tertiary/aromatic N) is 1. The Balaban J connectivity index is 1.95. The first kappa shape index (κ1) is 19.8. The van der Waals surface area contributed by atoms with Crippen molar-refractivity contribution < 1.29 is 17.6 Å². The molecule has 5 nitrogen and oxygen atoms in total. The van der Waals surface area contributed by atoms with Gasteiger partial charge in [0.1, 0.15) is 5.82 Å². The Morgan fingerprint density at radius 3 is 2.38 bits per heavy atom. The van der Waals surface area contributed by atoms with Gasteiger partial charge >= 0.3 is 0 Å². The number of carbonyl (C=O) groups is 1. The molecule has 0 heterocycles. The van der Waals surface area contributed by atoms with Crippen LogP contribution in [0, 0.1) is 5.82 Å². The molecule has 1 amide bonds. The summed E-state index contributed by atoms with van der Waals surface area (Å²) in [6.45, 7) is 1.77. The van der Waals surface area contributed by atoms with Gasteiger partial charge in [0.2, 0.25) is 15.9 Å². The molecule has 1 N–H and O–H groups in total. The number of halogens is 1. The normalized spacial score (nSPS) is 11.8.